The zero-order valence-electron chi connectivity index (χ0n) is 10.1. The number of nitrogens with zero attached hydrogens (tertiary/aromatic N) is 1. The van der Waals surface area contributed by atoms with Crippen LogP contribution in [0, 0.1) is 0 Å². The fraction of sp³-hybridized carbons (Fsp3) is 0.333. The molecule has 4 nitrogen and oxygen atoms in total. The third-order valence-electron chi connectivity index (χ3n) is 2.18. The van der Waals surface area contributed by atoms with Gasteiger partial charge in [0.2, 0.25) is 0 Å². The number of benzene rings is 1. The normalized spacial score (nSPS) is 10.6. The topological polar surface area (TPSA) is 56.7 Å². The summed E-state index contributed by atoms with van der Waals surface area (Å²) in [6.45, 7) is 2.93. The summed E-state index contributed by atoms with van der Waals surface area (Å²) in [5.74, 6) is 0.120. The van der Waals surface area contributed by atoms with Gasteiger partial charge in [-0.3, -0.25) is 5.43 Å². The van der Waals surface area contributed by atoms with E-state index < -0.39 is 0 Å². The standard InChI is InChI=1S/C12H16ClN3OS/c1-2-3-6-14-12(18)16-15-8-9-7-10(13)4-5-11(9)17/h4-5,7-8,17H,2-3,6H2,1H3,(H2,14,16,18)/b15-8+. The van der Waals surface area contributed by atoms with Gasteiger partial charge in [-0.05, 0) is 36.8 Å². The van der Waals surface area contributed by atoms with Crippen molar-refractivity contribution in [2.45, 2.75) is 19.8 Å². The molecule has 0 aliphatic heterocycles. The minimum atomic E-state index is 0.120. The van der Waals surface area contributed by atoms with Crippen molar-refractivity contribution in [3.63, 3.8) is 0 Å². The van der Waals surface area contributed by atoms with E-state index in [1.165, 1.54) is 12.3 Å². The van der Waals surface area contributed by atoms with Crippen molar-refractivity contribution in [3.05, 3.63) is 28.8 Å². The highest BCUT2D eigenvalue weighted by Crippen LogP contribution is 2.19. The summed E-state index contributed by atoms with van der Waals surface area (Å²) in [7, 11) is 0. The second-order valence-corrected chi connectivity index (χ2v) is 4.53. The Kier molecular flexibility index (Phi) is 6.46. The highest BCUT2D eigenvalue weighted by atomic mass is 35.5. The van der Waals surface area contributed by atoms with E-state index in [1.54, 1.807) is 12.1 Å². The molecular weight excluding hydrogens is 270 g/mol. The summed E-state index contributed by atoms with van der Waals surface area (Å²) in [6.07, 6.45) is 3.63. The van der Waals surface area contributed by atoms with Gasteiger partial charge in [0.1, 0.15) is 5.75 Å². The van der Waals surface area contributed by atoms with Crippen LogP contribution in [0.3, 0.4) is 0 Å². The first-order valence-electron chi connectivity index (χ1n) is 5.69. The molecule has 0 fully saturated rings. The summed E-state index contributed by atoms with van der Waals surface area (Å²) in [5.41, 5.74) is 3.21. The lowest BCUT2D eigenvalue weighted by Gasteiger charge is -2.05. The molecule has 0 aromatic heterocycles. The van der Waals surface area contributed by atoms with Crippen LogP contribution in [0.25, 0.3) is 0 Å². The van der Waals surface area contributed by atoms with Gasteiger partial charge in [-0.15, -0.1) is 0 Å². The number of hydrazone groups is 1. The zero-order chi connectivity index (χ0) is 13.4. The van der Waals surface area contributed by atoms with Gasteiger partial charge in [0.25, 0.3) is 0 Å². The molecule has 0 saturated heterocycles. The molecule has 98 valence electrons. The first-order valence-corrected chi connectivity index (χ1v) is 6.47. The van der Waals surface area contributed by atoms with Crippen LogP contribution < -0.4 is 10.7 Å². The number of nitrogens with one attached hydrogen (secondary N) is 2. The Morgan fingerprint density at radius 3 is 3.06 bits per heavy atom. The average Bonchev–Trinajstić information content (AvgIpc) is 2.34. The molecule has 6 heteroatoms. The molecule has 0 heterocycles. The van der Waals surface area contributed by atoms with Crippen LogP contribution in [0.4, 0.5) is 0 Å². The molecule has 0 aliphatic carbocycles. The summed E-state index contributed by atoms with van der Waals surface area (Å²) in [5, 5.41) is 17.5. The fourth-order valence-electron chi connectivity index (χ4n) is 1.21. The second kappa shape index (κ2) is 7.89. The van der Waals surface area contributed by atoms with Crippen molar-refractivity contribution in [3.8, 4) is 5.75 Å². The Morgan fingerprint density at radius 2 is 2.33 bits per heavy atom. The van der Waals surface area contributed by atoms with Crippen LogP contribution in [-0.2, 0) is 0 Å². The Labute approximate surface area is 117 Å². The van der Waals surface area contributed by atoms with Crippen LogP contribution in [-0.4, -0.2) is 23.0 Å². The van der Waals surface area contributed by atoms with Gasteiger partial charge in [-0.25, -0.2) is 0 Å². The summed E-state index contributed by atoms with van der Waals surface area (Å²) >= 11 is 10.8. The number of rotatable bonds is 5. The van der Waals surface area contributed by atoms with E-state index in [-0.39, 0.29) is 5.75 Å². The van der Waals surface area contributed by atoms with Crippen LogP contribution >= 0.6 is 23.8 Å². The lowest BCUT2D eigenvalue weighted by molar-refractivity contribution is 0.474. The Bertz CT molecular complexity index is 437. The zero-order valence-corrected chi connectivity index (χ0v) is 11.7. The van der Waals surface area contributed by atoms with E-state index in [4.69, 9.17) is 23.8 Å². The van der Waals surface area contributed by atoms with Crippen molar-refractivity contribution in [2.24, 2.45) is 5.10 Å². The highest BCUT2D eigenvalue weighted by molar-refractivity contribution is 7.80. The number of phenolic OH excluding ortho intramolecular Hbond substituents is 1. The predicted molar refractivity (Wildman–Crippen MR) is 79.4 cm³/mol. The fourth-order valence-corrected chi connectivity index (χ4v) is 1.54. The maximum Gasteiger partial charge on any atom is 0.186 e. The average molecular weight is 286 g/mol. The Morgan fingerprint density at radius 1 is 1.56 bits per heavy atom. The summed E-state index contributed by atoms with van der Waals surface area (Å²) in [6, 6.07) is 4.75. The smallest absolute Gasteiger partial charge is 0.186 e. The van der Waals surface area contributed by atoms with Gasteiger partial charge in [0, 0.05) is 17.1 Å². The molecule has 1 rings (SSSR count). The van der Waals surface area contributed by atoms with Crippen LogP contribution in [0.5, 0.6) is 5.75 Å². The van der Waals surface area contributed by atoms with Gasteiger partial charge in [-0.1, -0.05) is 24.9 Å². The van der Waals surface area contributed by atoms with E-state index in [2.05, 4.69) is 22.8 Å². The number of hydrogen-bond donors (Lipinski definition) is 3. The molecule has 0 saturated carbocycles. The molecule has 0 amide bonds. The molecule has 0 spiro atoms. The maximum absolute atomic E-state index is 9.55. The molecular formula is C12H16ClN3OS. The van der Waals surface area contributed by atoms with E-state index in [0.717, 1.165) is 19.4 Å². The predicted octanol–water partition coefficient (Wildman–Crippen LogP) is 2.64. The van der Waals surface area contributed by atoms with Gasteiger partial charge in [0.15, 0.2) is 5.11 Å². The first-order chi connectivity index (χ1) is 8.63. The number of halogens is 1. The number of hydrogen-bond acceptors (Lipinski definition) is 3. The van der Waals surface area contributed by atoms with E-state index in [1.807, 2.05) is 0 Å². The third-order valence-corrected chi connectivity index (χ3v) is 2.65. The largest absolute Gasteiger partial charge is 0.507 e. The Balaban J connectivity index is 2.44. The van der Waals surface area contributed by atoms with Crippen LogP contribution in [0.15, 0.2) is 23.3 Å². The lowest BCUT2D eigenvalue weighted by atomic mass is 10.2. The highest BCUT2D eigenvalue weighted by Gasteiger charge is 1.98. The number of aromatic hydroxyl groups is 1. The van der Waals surface area contributed by atoms with Gasteiger partial charge >= 0.3 is 0 Å². The van der Waals surface area contributed by atoms with Crippen molar-refractivity contribution in [2.75, 3.05) is 6.54 Å². The van der Waals surface area contributed by atoms with Crippen LogP contribution in [0.1, 0.15) is 25.3 Å². The van der Waals surface area contributed by atoms with Gasteiger partial charge < -0.3 is 10.4 Å². The molecule has 0 atom stereocenters. The SMILES string of the molecule is CCCCNC(=S)N/N=C/c1cc(Cl)ccc1O. The van der Waals surface area contributed by atoms with Crippen molar-refractivity contribution >= 4 is 35.1 Å². The minimum absolute atomic E-state index is 0.120. The molecule has 1 aromatic carbocycles. The van der Waals surface area contributed by atoms with Crippen LogP contribution in [0.2, 0.25) is 5.02 Å². The monoisotopic (exact) mass is 285 g/mol. The molecule has 1 aromatic rings. The third kappa shape index (κ3) is 5.33. The van der Waals surface area contributed by atoms with Crippen molar-refractivity contribution in [1.82, 2.24) is 10.7 Å². The van der Waals surface area contributed by atoms with E-state index in [0.29, 0.717) is 15.7 Å². The lowest BCUT2D eigenvalue weighted by Crippen LogP contribution is -2.32. The Hall–Kier alpha value is -1.33. The maximum atomic E-state index is 9.55. The summed E-state index contributed by atoms with van der Waals surface area (Å²) in [4.78, 5) is 0. The minimum Gasteiger partial charge on any atom is -0.507 e. The van der Waals surface area contributed by atoms with Crippen molar-refractivity contribution in [1.29, 1.82) is 0 Å². The second-order valence-electron chi connectivity index (χ2n) is 3.68. The molecule has 0 aliphatic rings. The molecule has 0 bridgehead atoms. The molecule has 0 unspecified atom stereocenters. The molecule has 0 radical (unpaired) electrons. The number of phenols is 1. The van der Waals surface area contributed by atoms with E-state index in [9.17, 15) is 5.11 Å². The van der Waals surface area contributed by atoms with Gasteiger partial charge in [0.05, 0.1) is 6.21 Å². The van der Waals surface area contributed by atoms with E-state index >= 15 is 0 Å². The quantitative estimate of drug-likeness (QED) is 0.337. The van der Waals surface area contributed by atoms with Gasteiger partial charge in [-0.2, -0.15) is 5.10 Å². The molecule has 18 heavy (non-hydrogen) atoms. The number of thiocarbonyl (C=S) groups is 1. The summed E-state index contributed by atoms with van der Waals surface area (Å²) < 4.78 is 0. The van der Waals surface area contributed by atoms with Crippen molar-refractivity contribution < 1.29 is 5.11 Å². The number of unbranched alkanes of at least 4 members (excludes halogenated alkanes) is 1. The first kappa shape index (κ1) is 14.7. The molecule has 3 N–H and O–H groups in total.